The van der Waals surface area contributed by atoms with Gasteiger partial charge < -0.3 is 20.1 Å². The molecule has 2 heterocycles. The summed E-state index contributed by atoms with van der Waals surface area (Å²) in [5.41, 5.74) is 8.40. The Morgan fingerprint density at radius 3 is 3.12 bits per heavy atom. The van der Waals surface area contributed by atoms with Crippen LogP contribution in [0.5, 0.6) is 5.75 Å². The zero-order valence-electron chi connectivity index (χ0n) is 13.6. The molecule has 1 atom stereocenters. The Labute approximate surface area is 148 Å². The van der Waals surface area contributed by atoms with E-state index in [4.69, 9.17) is 15.2 Å². The van der Waals surface area contributed by atoms with Crippen LogP contribution < -0.4 is 21.1 Å². The van der Waals surface area contributed by atoms with Crippen molar-refractivity contribution in [1.29, 1.82) is 0 Å². The SMILES string of the molecule is COCCNC1=NC(N)(c2cc3c(c(Br)c2F)OCC3)NC(C)=C1. The molecule has 24 heavy (non-hydrogen) atoms. The zero-order valence-corrected chi connectivity index (χ0v) is 15.2. The fourth-order valence-corrected chi connectivity index (χ4v) is 3.42. The number of fused-ring (bicyclic) bond motifs is 1. The normalized spacial score (nSPS) is 22.2. The third kappa shape index (κ3) is 3.13. The van der Waals surface area contributed by atoms with Crippen LogP contribution in [0.4, 0.5) is 4.39 Å². The Kier molecular flexibility index (Phi) is 4.80. The van der Waals surface area contributed by atoms with Crippen LogP contribution in [0.3, 0.4) is 0 Å². The first-order valence-electron chi connectivity index (χ1n) is 7.67. The number of aliphatic imine (C=N–C) groups is 1. The van der Waals surface area contributed by atoms with E-state index in [2.05, 4.69) is 31.6 Å². The van der Waals surface area contributed by atoms with E-state index in [1.165, 1.54) is 0 Å². The maximum absolute atomic E-state index is 14.9. The van der Waals surface area contributed by atoms with Gasteiger partial charge in [0.2, 0.25) is 5.79 Å². The van der Waals surface area contributed by atoms with Gasteiger partial charge in [-0.25, -0.2) is 9.38 Å². The standard InChI is InChI=1S/C16H20BrFN4O2/c1-9-7-12(20-4-6-23-2)22-16(19,21-9)11-8-10-3-5-24-15(10)13(17)14(11)18/h7-8,21H,3-6,19H2,1-2H3,(H,20,22). The fourth-order valence-electron chi connectivity index (χ4n) is 2.84. The van der Waals surface area contributed by atoms with Crippen LogP contribution in [0.15, 0.2) is 27.3 Å². The smallest absolute Gasteiger partial charge is 0.214 e. The quantitative estimate of drug-likeness (QED) is 0.673. The molecule has 1 unspecified atom stereocenters. The molecule has 1 aromatic rings. The van der Waals surface area contributed by atoms with Crippen molar-refractivity contribution < 1.29 is 13.9 Å². The molecule has 1 aromatic carbocycles. The van der Waals surface area contributed by atoms with E-state index in [1.807, 2.05) is 13.0 Å². The molecule has 130 valence electrons. The fraction of sp³-hybridized carbons (Fsp3) is 0.438. The summed E-state index contributed by atoms with van der Waals surface area (Å²) < 4.78 is 25.6. The Bertz CT molecular complexity index is 723. The van der Waals surface area contributed by atoms with E-state index >= 15 is 0 Å². The number of halogens is 2. The molecule has 3 rings (SSSR count). The summed E-state index contributed by atoms with van der Waals surface area (Å²) in [5.74, 6) is -0.734. The molecule has 0 radical (unpaired) electrons. The van der Waals surface area contributed by atoms with Crippen molar-refractivity contribution in [2.75, 3.05) is 26.9 Å². The van der Waals surface area contributed by atoms with Gasteiger partial charge in [0.1, 0.15) is 17.4 Å². The van der Waals surface area contributed by atoms with Gasteiger partial charge in [-0.05, 0) is 40.6 Å². The van der Waals surface area contributed by atoms with Gasteiger partial charge in [0.05, 0.1) is 23.2 Å². The summed E-state index contributed by atoms with van der Waals surface area (Å²) in [5, 5.41) is 6.20. The molecule has 0 aromatic heterocycles. The van der Waals surface area contributed by atoms with Gasteiger partial charge in [-0.15, -0.1) is 0 Å². The van der Waals surface area contributed by atoms with Crippen LogP contribution in [0.25, 0.3) is 0 Å². The van der Waals surface area contributed by atoms with Gasteiger partial charge in [-0.3, -0.25) is 5.73 Å². The summed E-state index contributed by atoms with van der Waals surface area (Å²) in [7, 11) is 1.62. The molecule has 0 fully saturated rings. The number of nitrogens with zero attached hydrogens (tertiary/aromatic N) is 1. The first-order chi connectivity index (χ1) is 11.4. The van der Waals surface area contributed by atoms with Crippen LogP contribution in [-0.2, 0) is 16.9 Å². The molecule has 0 saturated carbocycles. The van der Waals surface area contributed by atoms with Crippen molar-refractivity contribution in [3.05, 3.63) is 39.3 Å². The third-order valence-electron chi connectivity index (χ3n) is 3.92. The maximum atomic E-state index is 14.9. The highest BCUT2D eigenvalue weighted by Gasteiger charge is 2.36. The highest BCUT2D eigenvalue weighted by molar-refractivity contribution is 9.10. The molecule has 0 saturated heterocycles. The second kappa shape index (κ2) is 6.70. The Hall–Kier alpha value is -1.64. The molecule has 4 N–H and O–H groups in total. The van der Waals surface area contributed by atoms with Crippen molar-refractivity contribution in [2.24, 2.45) is 10.7 Å². The van der Waals surface area contributed by atoms with E-state index in [9.17, 15) is 4.39 Å². The van der Waals surface area contributed by atoms with Crippen LogP contribution in [0.2, 0.25) is 0 Å². The third-order valence-corrected chi connectivity index (χ3v) is 4.63. The first-order valence-corrected chi connectivity index (χ1v) is 8.46. The average Bonchev–Trinajstić information content (AvgIpc) is 2.99. The molecule has 0 aliphatic carbocycles. The average molecular weight is 399 g/mol. The van der Waals surface area contributed by atoms with Crippen LogP contribution in [0.1, 0.15) is 18.1 Å². The second-order valence-corrected chi connectivity index (χ2v) is 6.57. The monoisotopic (exact) mass is 398 g/mol. The lowest BCUT2D eigenvalue weighted by atomic mass is 10.0. The molecular formula is C16H20BrFN4O2. The number of rotatable bonds is 4. The Balaban J connectivity index is 1.98. The lowest BCUT2D eigenvalue weighted by molar-refractivity contribution is 0.203. The number of hydrogen-bond acceptors (Lipinski definition) is 6. The topological polar surface area (TPSA) is 80.9 Å². The lowest BCUT2D eigenvalue weighted by Gasteiger charge is -2.33. The zero-order chi connectivity index (χ0) is 17.3. The van der Waals surface area contributed by atoms with Gasteiger partial charge in [-0.1, -0.05) is 0 Å². The number of benzene rings is 1. The maximum Gasteiger partial charge on any atom is 0.214 e. The first kappa shape index (κ1) is 17.2. The minimum Gasteiger partial charge on any atom is -0.492 e. The minimum absolute atomic E-state index is 0.275. The van der Waals surface area contributed by atoms with Crippen molar-refractivity contribution in [1.82, 2.24) is 10.6 Å². The van der Waals surface area contributed by atoms with Crippen molar-refractivity contribution in [3.63, 3.8) is 0 Å². The molecule has 0 bridgehead atoms. The summed E-state index contributed by atoms with van der Waals surface area (Å²) >= 11 is 3.28. The largest absolute Gasteiger partial charge is 0.492 e. The number of nitrogens with one attached hydrogen (secondary N) is 2. The van der Waals surface area contributed by atoms with Gasteiger partial charge in [0, 0.05) is 25.8 Å². The molecular weight excluding hydrogens is 379 g/mol. The molecule has 6 nitrogen and oxygen atoms in total. The second-order valence-electron chi connectivity index (χ2n) is 5.77. The predicted molar refractivity (Wildman–Crippen MR) is 93.4 cm³/mol. The van der Waals surface area contributed by atoms with E-state index < -0.39 is 11.6 Å². The summed E-state index contributed by atoms with van der Waals surface area (Å²) in [4.78, 5) is 4.47. The highest BCUT2D eigenvalue weighted by Crippen LogP contribution is 2.40. The van der Waals surface area contributed by atoms with E-state index in [1.54, 1.807) is 13.2 Å². The summed E-state index contributed by atoms with van der Waals surface area (Å²) in [6.07, 6.45) is 2.54. The van der Waals surface area contributed by atoms with E-state index in [-0.39, 0.29) is 10.0 Å². The molecule has 0 amide bonds. The van der Waals surface area contributed by atoms with Gasteiger partial charge in [0.25, 0.3) is 0 Å². The Morgan fingerprint density at radius 2 is 2.38 bits per heavy atom. The number of amidine groups is 1. The van der Waals surface area contributed by atoms with Gasteiger partial charge in [-0.2, -0.15) is 0 Å². The van der Waals surface area contributed by atoms with Gasteiger partial charge >= 0.3 is 0 Å². The van der Waals surface area contributed by atoms with Crippen LogP contribution in [-0.4, -0.2) is 32.7 Å². The lowest BCUT2D eigenvalue weighted by Crippen LogP contribution is -2.52. The van der Waals surface area contributed by atoms with Crippen LogP contribution >= 0.6 is 15.9 Å². The molecule has 2 aliphatic heterocycles. The molecule has 2 aliphatic rings. The number of nitrogens with two attached hydrogens (primary N) is 1. The molecule has 0 spiro atoms. The van der Waals surface area contributed by atoms with Crippen molar-refractivity contribution >= 4 is 21.8 Å². The van der Waals surface area contributed by atoms with Gasteiger partial charge in [0.15, 0.2) is 0 Å². The Morgan fingerprint density at radius 1 is 1.58 bits per heavy atom. The van der Waals surface area contributed by atoms with Crippen LogP contribution in [0, 0.1) is 5.82 Å². The number of hydrogen-bond donors (Lipinski definition) is 3. The highest BCUT2D eigenvalue weighted by atomic mass is 79.9. The van der Waals surface area contributed by atoms with Crippen molar-refractivity contribution in [2.45, 2.75) is 19.1 Å². The predicted octanol–water partition coefficient (Wildman–Crippen LogP) is 1.73. The van der Waals surface area contributed by atoms with E-state index in [0.717, 1.165) is 17.7 Å². The van der Waals surface area contributed by atoms with Crippen molar-refractivity contribution in [3.8, 4) is 5.75 Å². The summed E-state index contributed by atoms with van der Waals surface area (Å²) in [6, 6.07) is 1.73. The number of methoxy groups -OCH3 is 1. The minimum atomic E-state index is -1.39. The summed E-state index contributed by atoms with van der Waals surface area (Å²) in [6.45, 7) is 3.51. The number of allylic oxidation sites excluding steroid dienone is 1. The number of ether oxygens (including phenoxy) is 2. The van der Waals surface area contributed by atoms with E-state index in [0.29, 0.717) is 31.3 Å². The molecule has 8 heteroatoms.